The van der Waals surface area contributed by atoms with Gasteiger partial charge in [-0.3, -0.25) is 4.79 Å². The van der Waals surface area contributed by atoms with Crippen LogP contribution in [0.3, 0.4) is 0 Å². The molecule has 0 N–H and O–H groups in total. The monoisotopic (exact) mass is 308 g/mol. The van der Waals surface area contributed by atoms with Crippen LogP contribution in [0.1, 0.15) is 40.0 Å². The number of aromatic carboxylic acids is 1. The first kappa shape index (κ1) is 15.3. The molecule has 0 radical (unpaired) electrons. The van der Waals surface area contributed by atoms with Crippen LogP contribution >= 0.6 is 0 Å². The van der Waals surface area contributed by atoms with Crippen molar-refractivity contribution in [1.82, 2.24) is 4.90 Å². The van der Waals surface area contributed by atoms with E-state index in [9.17, 15) is 14.7 Å². The molecule has 0 spiro atoms. The molecule has 0 unspecified atom stereocenters. The topological polar surface area (TPSA) is 60.4 Å². The molecule has 2 aromatic carbocycles. The smallest absolute Gasteiger partial charge is 0.254 e. The molecule has 3 rings (SSSR count). The quantitative estimate of drug-likeness (QED) is 0.874. The maximum absolute atomic E-state index is 12.8. The molecule has 0 saturated carbocycles. The fourth-order valence-corrected chi connectivity index (χ4v) is 3.07. The summed E-state index contributed by atoms with van der Waals surface area (Å²) < 4.78 is 0. The van der Waals surface area contributed by atoms with Crippen molar-refractivity contribution in [2.75, 3.05) is 13.1 Å². The normalized spacial score (nSPS) is 14.5. The highest BCUT2D eigenvalue weighted by atomic mass is 16.4. The minimum atomic E-state index is -1.24. The van der Waals surface area contributed by atoms with Gasteiger partial charge in [0.15, 0.2) is 0 Å². The number of hydrogen-bond acceptors (Lipinski definition) is 3. The zero-order chi connectivity index (χ0) is 16.2. The molecule has 1 aliphatic heterocycles. The summed E-state index contributed by atoms with van der Waals surface area (Å²) in [5.74, 6) is -1.27. The first-order valence-corrected chi connectivity index (χ1v) is 7.87. The van der Waals surface area contributed by atoms with Crippen molar-refractivity contribution in [3.8, 4) is 11.1 Å². The van der Waals surface area contributed by atoms with Gasteiger partial charge >= 0.3 is 0 Å². The van der Waals surface area contributed by atoms with Gasteiger partial charge < -0.3 is 14.8 Å². The van der Waals surface area contributed by atoms with E-state index in [1.54, 1.807) is 30.3 Å². The van der Waals surface area contributed by atoms with E-state index in [0.29, 0.717) is 16.7 Å². The Hall–Kier alpha value is -2.62. The Kier molecular flexibility index (Phi) is 4.42. The van der Waals surface area contributed by atoms with Crippen molar-refractivity contribution >= 4 is 11.9 Å². The van der Waals surface area contributed by atoms with Crippen LogP contribution in [-0.4, -0.2) is 29.9 Å². The Labute approximate surface area is 135 Å². The van der Waals surface area contributed by atoms with E-state index in [1.165, 1.54) is 6.07 Å². The third kappa shape index (κ3) is 3.11. The van der Waals surface area contributed by atoms with Gasteiger partial charge in [-0.05, 0) is 36.5 Å². The number of piperidine rings is 1. The number of likely N-dealkylation sites (tertiary alicyclic amines) is 1. The predicted molar refractivity (Wildman–Crippen MR) is 86.0 cm³/mol. The van der Waals surface area contributed by atoms with Crippen LogP contribution in [0.2, 0.25) is 0 Å². The van der Waals surface area contributed by atoms with Crippen LogP contribution in [0.15, 0.2) is 48.5 Å². The zero-order valence-corrected chi connectivity index (χ0v) is 12.8. The van der Waals surface area contributed by atoms with Gasteiger partial charge in [0, 0.05) is 24.2 Å². The maximum atomic E-state index is 12.8. The molecule has 1 heterocycles. The van der Waals surface area contributed by atoms with Gasteiger partial charge in [0.05, 0.1) is 5.97 Å². The molecule has 4 nitrogen and oxygen atoms in total. The van der Waals surface area contributed by atoms with E-state index >= 15 is 0 Å². The number of carbonyl (C=O) groups excluding carboxylic acids is 2. The van der Waals surface area contributed by atoms with E-state index in [-0.39, 0.29) is 11.5 Å². The molecule has 1 aliphatic rings. The number of nitrogens with zero attached hydrogens (tertiary/aromatic N) is 1. The van der Waals surface area contributed by atoms with Crippen LogP contribution in [0.5, 0.6) is 0 Å². The number of amides is 1. The first-order valence-electron chi connectivity index (χ1n) is 7.87. The van der Waals surface area contributed by atoms with Crippen LogP contribution in [0.25, 0.3) is 11.1 Å². The van der Waals surface area contributed by atoms with Crippen LogP contribution in [0, 0.1) is 0 Å². The Bertz CT molecular complexity index is 733. The van der Waals surface area contributed by atoms with Gasteiger partial charge in [0.2, 0.25) is 0 Å². The summed E-state index contributed by atoms with van der Waals surface area (Å²) in [5, 5.41) is 11.4. The second-order valence-electron chi connectivity index (χ2n) is 5.73. The zero-order valence-electron chi connectivity index (χ0n) is 12.8. The number of carbonyl (C=O) groups is 2. The van der Waals surface area contributed by atoms with Crippen molar-refractivity contribution in [1.29, 1.82) is 0 Å². The largest absolute Gasteiger partial charge is 0.545 e. The Morgan fingerprint density at radius 3 is 1.91 bits per heavy atom. The molecule has 0 aliphatic carbocycles. The summed E-state index contributed by atoms with van der Waals surface area (Å²) in [5.41, 5.74) is 1.81. The van der Waals surface area contributed by atoms with Crippen molar-refractivity contribution < 1.29 is 14.7 Å². The predicted octanol–water partition coefficient (Wildman–Crippen LogP) is 2.34. The standard InChI is InChI=1S/C19H19NO3/c21-18(20-12-6-1-7-13-20)16-10-4-2-8-14(16)15-9-3-5-11-17(15)19(22)23/h2-5,8-11H,1,6-7,12-13H2,(H,22,23)/p-1. The molecule has 118 valence electrons. The molecule has 0 bridgehead atoms. The van der Waals surface area contributed by atoms with Gasteiger partial charge in [-0.2, -0.15) is 0 Å². The third-order valence-corrected chi connectivity index (χ3v) is 4.24. The fourth-order valence-electron chi connectivity index (χ4n) is 3.07. The van der Waals surface area contributed by atoms with E-state index in [2.05, 4.69) is 0 Å². The summed E-state index contributed by atoms with van der Waals surface area (Å²) in [6.07, 6.45) is 3.19. The second kappa shape index (κ2) is 6.65. The Balaban J connectivity index is 2.05. The molecule has 1 saturated heterocycles. The lowest BCUT2D eigenvalue weighted by Gasteiger charge is -2.27. The lowest BCUT2D eigenvalue weighted by molar-refractivity contribution is -0.254. The maximum Gasteiger partial charge on any atom is 0.254 e. The molecular formula is C19H18NO3-. The number of rotatable bonds is 3. The highest BCUT2D eigenvalue weighted by Crippen LogP contribution is 2.28. The number of benzene rings is 2. The minimum Gasteiger partial charge on any atom is -0.545 e. The summed E-state index contributed by atoms with van der Waals surface area (Å²) in [7, 11) is 0. The van der Waals surface area contributed by atoms with Crippen LogP contribution in [0.4, 0.5) is 0 Å². The summed E-state index contributed by atoms with van der Waals surface area (Å²) >= 11 is 0. The summed E-state index contributed by atoms with van der Waals surface area (Å²) in [6.45, 7) is 1.52. The molecule has 0 atom stereocenters. The lowest BCUT2D eigenvalue weighted by atomic mass is 9.94. The van der Waals surface area contributed by atoms with Crippen LogP contribution in [-0.2, 0) is 0 Å². The van der Waals surface area contributed by atoms with Gasteiger partial charge in [-0.1, -0.05) is 42.5 Å². The summed E-state index contributed by atoms with van der Waals surface area (Å²) in [6, 6.07) is 13.8. The van der Waals surface area contributed by atoms with Gasteiger partial charge in [-0.25, -0.2) is 0 Å². The van der Waals surface area contributed by atoms with Crippen LogP contribution < -0.4 is 5.11 Å². The SMILES string of the molecule is O=C([O-])c1ccccc1-c1ccccc1C(=O)N1CCCCC1. The average molecular weight is 308 g/mol. The molecule has 1 fully saturated rings. The highest BCUT2D eigenvalue weighted by molar-refractivity contribution is 6.04. The molecule has 2 aromatic rings. The second-order valence-corrected chi connectivity index (χ2v) is 5.73. The Morgan fingerprint density at radius 2 is 1.30 bits per heavy atom. The lowest BCUT2D eigenvalue weighted by Crippen LogP contribution is -2.35. The molecule has 4 heteroatoms. The molecule has 0 aromatic heterocycles. The number of hydrogen-bond donors (Lipinski definition) is 0. The first-order chi connectivity index (χ1) is 11.2. The van der Waals surface area contributed by atoms with Gasteiger partial charge in [0.25, 0.3) is 5.91 Å². The van der Waals surface area contributed by atoms with E-state index < -0.39 is 5.97 Å². The van der Waals surface area contributed by atoms with Crippen molar-refractivity contribution in [3.05, 3.63) is 59.7 Å². The van der Waals surface area contributed by atoms with Crippen molar-refractivity contribution in [2.24, 2.45) is 0 Å². The molecule has 1 amide bonds. The van der Waals surface area contributed by atoms with E-state index in [0.717, 1.165) is 32.4 Å². The van der Waals surface area contributed by atoms with Gasteiger partial charge in [-0.15, -0.1) is 0 Å². The molecule has 23 heavy (non-hydrogen) atoms. The van der Waals surface area contributed by atoms with Crippen molar-refractivity contribution in [3.63, 3.8) is 0 Å². The van der Waals surface area contributed by atoms with Crippen molar-refractivity contribution in [2.45, 2.75) is 19.3 Å². The molecular weight excluding hydrogens is 290 g/mol. The van der Waals surface area contributed by atoms with E-state index in [1.807, 2.05) is 17.0 Å². The fraction of sp³-hybridized carbons (Fsp3) is 0.263. The summed E-state index contributed by atoms with van der Waals surface area (Å²) in [4.78, 5) is 26.1. The average Bonchev–Trinajstić information content (AvgIpc) is 2.62. The number of carboxylic acid groups (broad SMARTS) is 1. The third-order valence-electron chi connectivity index (χ3n) is 4.24. The minimum absolute atomic E-state index is 0.0338. The van der Waals surface area contributed by atoms with Gasteiger partial charge in [0.1, 0.15) is 0 Å². The highest BCUT2D eigenvalue weighted by Gasteiger charge is 2.21. The Morgan fingerprint density at radius 1 is 0.783 bits per heavy atom. The van der Waals surface area contributed by atoms with E-state index in [4.69, 9.17) is 0 Å². The number of carboxylic acids is 1.